The number of amidine groups is 1. The Morgan fingerprint density at radius 1 is 1.11 bits per heavy atom. The first-order valence-corrected chi connectivity index (χ1v) is 9.76. The van der Waals surface area contributed by atoms with Gasteiger partial charge in [-0.3, -0.25) is 4.79 Å². The minimum atomic E-state index is -0.167. The number of benzene rings is 2. The molecule has 28 heavy (non-hydrogen) atoms. The first kappa shape index (κ1) is 18.3. The minimum absolute atomic E-state index is 0.0251. The van der Waals surface area contributed by atoms with Crippen molar-refractivity contribution < 1.29 is 14.3 Å². The number of Topliss-reactive ketones (excluding diaryl/α,β-unsaturated/α-hetero) is 1. The van der Waals surface area contributed by atoms with Gasteiger partial charge in [0.2, 0.25) is 0 Å². The number of anilines is 1. The number of hydrogen-bond donors (Lipinski definition) is 0. The van der Waals surface area contributed by atoms with Crippen molar-refractivity contribution in [2.75, 3.05) is 24.8 Å². The molecule has 1 atom stereocenters. The zero-order valence-corrected chi connectivity index (χ0v) is 16.5. The summed E-state index contributed by atoms with van der Waals surface area (Å²) in [5, 5.41) is 6.63. The molecule has 0 fully saturated rings. The average Bonchev–Trinajstić information content (AvgIpc) is 3.10. The van der Waals surface area contributed by atoms with Crippen molar-refractivity contribution in [3.63, 3.8) is 0 Å². The topological polar surface area (TPSA) is 54.4 Å². The molecular formula is C22H25N3O3. The maximum absolute atomic E-state index is 12.3. The van der Waals surface area contributed by atoms with Gasteiger partial charge in [-0.15, -0.1) is 5.10 Å². The monoisotopic (exact) mass is 379 g/mol. The molecule has 0 saturated carbocycles. The van der Waals surface area contributed by atoms with Crippen LogP contribution in [0.2, 0.25) is 0 Å². The van der Waals surface area contributed by atoms with Crippen LogP contribution in [0.4, 0.5) is 5.69 Å². The van der Waals surface area contributed by atoms with Crippen molar-refractivity contribution in [3.05, 3.63) is 53.6 Å². The summed E-state index contributed by atoms with van der Waals surface area (Å²) in [7, 11) is 0. The van der Waals surface area contributed by atoms with Crippen LogP contribution in [0.3, 0.4) is 0 Å². The second kappa shape index (κ2) is 7.54. The summed E-state index contributed by atoms with van der Waals surface area (Å²) >= 11 is 0. The Labute approximate surface area is 165 Å². The van der Waals surface area contributed by atoms with Crippen molar-refractivity contribution in [3.8, 4) is 11.5 Å². The number of carbonyl (C=O) groups excluding carboxylic acids is 1. The number of fused-ring (bicyclic) bond motifs is 3. The summed E-state index contributed by atoms with van der Waals surface area (Å²) in [5.74, 6) is 1.98. The zero-order chi connectivity index (χ0) is 19.7. The maximum atomic E-state index is 12.3. The molecule has 2 heterocycles. The number of hydrogen-bond acceptors (Lipinski definition) is 6. The summed E-state index contributed by atoms with van der Waals surface area (Å²) in [5.41, 5.74) is 3.25. The maximum Gasteiger partial charge on any atom is 0.196 e. The molecule has 0 saturated heterocycles. The quantitative estimate of drug-likeness (QED) is 0.765. The van der Waals surface area contributed by atoms with Crippen LogP contribution in [0.1, 0.15) is 38.1 Å². The zero-order valence-electron chi connectivity index (χ0n) is 16.5. The van der Waals surface area contributed by atoms with E-state index in [2.05, 4.69) is 22.1 Å². The van der Waals surface area contributed by atoms with Gasteiger partial charge in [-0.25, -0.2) is 5.01 Å². The van der Waals surface area contributed by atoms with Gasteiger partial charge in [0.15, 0.2) is 29.3 Å². The van der Waals surface area contributed by atoms with E-state index in [1.807, 2.05) is 49.2 Å². The SMILES string of the molecule is CCOc1cc2c(cc1OCC)C1N(CC2)C(C(C)=O)=NN1c1ccccc1. The molecule has 6 nitrogen and oxygen atoms in total. The fourth-order valence-electron chi connectivity index (χ4n) is 3.89. The second-order valence-corrected chi connectivity index (χ2v) is 6.84. The van der Waals surface area contributed by atoms with Gasteiger partial charge in [0.05, 0.1) is 18.9 Å². The number of ketones is 1. The summed E-state index contributed by atoms with van der Waals surface area (Å²) in [4.78, 5) is 14.3. The van der Waals surface area contributed by atoms with Gasteiger partial charge in [-0.05, 0) is 50.1 Å². The third kappa shape index (κ3) is 3.09. The van der Waals surface area contributed by atoms with Crippen LogP contribution < -0.4 is 14.5 Å². The standard InChI is InChI=1S/C22H25N3O3/c1-4-27-19-13-16-11-12-24-21(15(3)26)23-25(17-9-7-6-8-10-17)22(24)18(16)14-20(19)28-5-2/h6-10,13-14,22H,4-5,11-12H2,1-3H3. The van der Waals surface area contributed by atoms with Gasteiger partial charge < -0.3 is 14.4 Å². The highest BCUT2D eigenvalue weighted by Crippen LogP contribution is 2.43. The highest BCUT2D eigenvalue weighted by molar-refractivity contribution is 6.38. The van der Waals surface area contributed by atoms with Crippen LogP contribution >= 0.6 is 0 Å². The molecule has 6 heteroatoms. The predicted molar refractivity (Wildman–Crippen MR) is 109 cm³/mol. The van der Waals surface area contributed by atoms with Crippen LogP contribution in [0.15, 0.2) is 47.6 Å². The van der Waals surface area contributed by atoms with Gasteiger partial charge in [-0.1, -0.05) is 18.2 Å². The number of nitrogens with zero attached hydrogens (tertiary/aromatic N) is 3. The third-order valence-electron chi connectivity index (χ3n) is 5.04. The molecule has 0 N–H and O–H groups in total. The fourth-order valence-corrected chi connectivity index (χ4v) is 3.89. The summed E-state index contributed by atoms with van der Waals surface area (Å²) in [6, 6.07) is 14.1. The minimum Gasteiger partial charge on any atom is -0.490 e. The Hall–Kier alpha value is -3.02. The number of rotatable bonds is 6. The molecule has 0 aliphatic carbocycles. The molecule has 1 unspecified atom stereocenters. The number of hydrazone groups is 1. The molecule has 4 rings (SSSR count). The summed E-state index contributed by atoms with van der Waals surface area (Å²) in [6.07, 6.45) is 0.660. The molecule has 2 aliphatic rings. The van der Waals surface area contributed by atoms with Gasteiger partial charge in [-0.2, -0.15) is 0 Å². The van der Waals surface area contributed by atoms with Gasteiger partial charge in [0.25, 0.3) is 0 Å². The first-order valence-electron chi connectivity index (χ1n) is 9.76. The van der Waals surface area contributed by atoms with Crippen LogP contribution in [-0.2, 0) is 11.2 Å². The molecule has 0 aromatic heterocycles. The number of ether oxygens (including phenoxy) is 2. The molecule has 0 spiro atoms. The molecule has 0 amide bonds. The van der Waals surface area contributed by atoms with Crippen molar-refractivity contribution in [1.82, 2.24) is 4.90 Å². The normalized spacial score (nSPS) is 17.7. The highest BCUT2D eigenvalue weighted by atomic mass is 16.5. The van der Waals surface area contributed by atoms with E-state index in [1.54, 1.807) is 6.92 Å². The lowest BCUT2D eigenvalue weighted by Crippen LogP contribution is -2.42. The van der Waals surface area contributed by atoms with E-state index >= 15 is 0 Å². The Morgan fingerprint density at radius 3 is 2.43 bits per heavy atom. The summed E-state index contributed by atoms with van der Waals surface area (Å²) < 4.78 is 11.7. The molecule has 0 radical (unpaired) electrons. The second-order valence-electron chi connectivity index (χ2n) is 6.84. The van der Waals surface area contributed by atoms with Gasteiger partial charge in [0, 0.05) is 19.0 Å². The molecular weight excluding hydrogens is 354 g/mol. The van der Waals surface area contributed by atoms with Crippen molar-refractivity contribution in [2.45, 2.75) is 33.4 Å². The van der Waals surface area contributed by atoms with E-state index in [-0.39, 0.29) is 11.9 Å². The van der Waals surface area contributed by atoms with E-state index in [0.29, 0.717) is 19.0 Å². The summed E-state index contributed by atoms with van der Waals surface area (Å²) in [6.45, 7) is 7.39. The van der Waals surface area contributed by atoms with Crippen molar-refractivity contribution in [2.24, 2.45) is 5.10 Å². The van der Waals surface area contributed by atoms with E-state index < -0.39 is 0 Å². The highest BCUT2D eigenvalue weighted by Gasteiger charge is 2.41. The molecule has 2 aromatic carbocycles. The van der Waals surface area contributed by atoms with Crippen molar-refractivity contribution >= 4 is 17.3 Å². The Balaban J connectivity index is 1.83. The van der Waals surface area contributed by atoms with Crippen LogP contribution in [0.25, 0.3) is 0 Å². The van der Waals surface area contributed by atoms with Gasteiger partial charge >= 0.3 is 0 Å². The molecule has 146 valence electrons. The smallest absolute Gasteiger partial charge is 0.196 e. The van der Waals surface area contributed by atoms with Crippen LogP contribution in [-0.4, -0.2) is 36.3 Å². The van der Waals surface area contributed by atoms with E-state index in [1.165, 1.54) is 5.56 Å². The Kier molecular flexibility index (Phi) is 4.94. The lowest BCUT2D eigenvalue weighted by atomic mass is 9.95. The van der Waals surface area contributed by atoms with Crippen molar-refractivity contribution in [1.29, 1.82) is 0 Å². The molecule has 2 aromatic rings. The third-order valence-corrected chi connectivity index (χ3v) is 5.04. The number of carbonyl (C=O) groups is 1. The fraction of sp³-hybridized carbons (Fsp3) is 0.364. The Bertz CT molecular complexity index is 911. The molecule has 2 aliphatic heterocycles. The van der Waals surface area contributed by atoms with Gasteiger partial charge in [0.1, 0.15) is 0 Å². The van der Waals surface area contributed by atoms with Crippen LogP contribution in [0, 0.1) is 0 Å². The van der Waals surface area contributed by atoms with E-state index in [0.717, 1.165) is 35.7 Å². The largest absolute Gasteiger partial charge is 0.490 e. The van der Waals surface area contributed by atoms with E-state index in [4.69, 9.17) is 9.47 Å². The van der Waals surface area contributed by atoms with E-state index in [9.17, 15) is 4.79 Å². The Morgan fingerprint density at radius 2 is 1.79 bits per heavy atom. The lowest BCUT2D eigenvalue weighted by molar-refractivity contribution is -0.111. The van der Waals surface area contributed by atoms with Crippen LogP contribution in [0.5, 0.6) is 11.5 Å². The molecule has 0 bridgehead atoms. The predicted octanol–water partition coefficient (Wildman–Crippen LogP) is 3.76. The lowest BCUT2D eigenvalue weighted by Gasteiger charge is -2.37. The number of para-hydroxylation sites is 1. The average molecular weight is 379 g/mol. The first-order chi connectivity index (χ1) is 13.6.